The number of rotatable bonds is 6. The standard InChI is InChI=1S/C25H24ClN3O3S/c1-16-13-20(14-17(2)23(16)26)32-15-21(30)28-29-25(33)27-24(31)22(18-9-5-3-6-10-18)19-11-7-4-8-12-19/h3-14,22H,15H2,1-2H3,(H,28,30)(H2,27,29,31,33). The Balaban J connectivity index is 1.55. The Kier molecular flexibility index (Phi) is 8.40. The van der Waals surface area contributed by atoms with Crippen LogP contribution >= 0.6 is 23.8 Å². The Labute approximate surface area is 203 Å². The van der Waals surface area contributed by atoms with Crippen LogP contribution in [0.4, 0.5) is 0 Å². The fraction of sp³-hybridized carbons (Fsp3) is 0.160. The maximum absolute atomic E-state index is 13.0. The number of nitrogens with one attached hydrogen (secondary N) is 3. The highest BCUT2D eigenvalue weighted by Crippen LogP contribution is 2.26. The van der Waals surface area contributed by atoms with Crippen molar-refractivity contribution in [3.63, 3.8) is 0 Å². The van der Waals surface area contributed by atoms with E-state index in [0.717, 1.165) is 22.3 Å². The molecule has 0 spiro atoms. The van der Waals surface area contributed by atoms with Gasteiger partial charge >= 0.3 is 0 Å². The maximum atomic E-state index is 13.0. The summed E-state index contributed by atoms with van der Waals surface area (Å²) in [6.45, 7) is 3.49. The molecule has 0 saturated heterocycles. The topological polar surface area (TPSA) is 79.5 Å². The second-order valence-corrected chi connectivity index (χ2v) is 8.19. The van der Waals surface area contributed by atoms with Crippen LogP contribution in [-0.2, 0) is 9.59 Å². The minimum Gasteiger partial charge on any atom is -0.484 e. The van der Waals surface area contributed by atoms with E-state index in [1.54, 1.807) is 12.1 Å². The number of hydrogen-bond donors (Lipinski definition) is 3. The predicted molar refractivity (Wildman–Crippen MR) is 133 cm³/mol. The number of aryl methyl sites for hydroxylation is 2. The van der Waals surface area contributed by atoms with Crippen molar-refractivity contribution < 1.29 is 14.3 Å². The average molecular weight is 482 g/mol. The molecule has 0 aliphatic rings. The van der Waals surface area contributed by atoms with Crippen molar-refractivity contribution in [1.82, 2.24) is 16.2 Å². The van der Waals surface area contributed by atoms with Gasteiger partial charge in [0.2, 0.25) is 5.91 Å². The number of thiocarbonyl (C=S) groups is 1. The van der Waals surface area contributed by atoms with E-state index in [0.29, 0.717) is 10.8 Å². The molecular formula is C25H24ClN3O3S. The Hall–Kier alpha value is -3.42. The highest BCUT2D eigenvalue weighted by atomic mass is 35.5. The molecule has 33 heavy (non-hydrogen) atoms. The lowest BCUT2D eigenvalue weighted by Crippen LogP contribution is -2.50. The van der Waals surface area contributed by atoms with Gasteiger partial charge in [-0.1, -0.05) is 72.3 Å². The highest BCUT2D eigenvalue weighted by Gasteiger charge is 2.23. The SMILES string of the molecule is Cc1cc(OCC(=O)NNC(=S)NC(=O)C(c2ccccc2)c2ccccc2)cc(C)c1Cl. The fourth-order valence-corrected chi connectivity index (χ4v) is 3.56. The van der Waals surface area contributed by atoms with E-state index < -0.39 is 11.8 Å². The first kappa shape index (κ1) is 24.2. The Morgan fingerprint density at radius 2 is 1.42 bits per heavy atom. The summed E-state index contributed by atoms with van der Waals surface area (Å²) in [5.74, 6) is -0.793. The molecule has 0 fully saturated rings. The molecule has 170 valence electrons. The number of carbonyl (C=O) groups is 2. The van der Waals surface area contributed by atoms with Crippen molar-refractivity contribution in [3.05, 3.63) is 100 Å². The molecule has 3 aromatic rings. The summed E-state index contributed by atoms with van der Waals surface area (Å²) >= 11 is 11.3. The van der Waals surface area contributed by atoms with Crippen molar-refractivity contribution >= 4 is 40.7 Å². The summed E-state index contributed by atoms with van der Waals surface area (Å²) in [6, 6.07) is 22.3. The van der Waals surface area contributed by atoms with E-state index in [2.05, 4.69) is 16.2 Å². The van der Waals surface area contributed by atoms with Gasteiger partial charge in [0.25, 0.3) is 5.91 Å². The molecule has 0 unspecified atom stereocenters. The lowest BCUT2D eigenvalue weighted by Gasteiger charge is -2.19. The summed E-state index contributed by atoms with van der Waals surface area (Å²) < 4.78 is 5.51. The Bertz CT molecular complexity index is 1080. The number of halogens is 1. The van der Waals surface area contributed by atoms with Crippen LogP contribution in [0.25, 0.3) is 0 Å². The molecule has 0 bridgehead atoms. The van der Waals surface area contributed by atoms with Gasteiger partial charge in [0.05, 0.1) is 5.92 Å². The predicted octanol–water partition coefficient (Wildman–Crippen LogP) is 4.19. The summed E-state index contributed by atoms with van der Waals surface area (Å²) in [5.41, 5.74) is 8.34. The molecule has 3 rings (SSSR count). The van der Waals surface area contributed by atoms with Crippen LogP contribution in [0.5, 0.6) is 5.75 Å². The average Bonchev–Trinajstić information content (AvgIpc) is 2.81. The molecule has 0 aliphatic carbocycles. The number of ether oxygens (including phenoxy) is 1. The Morgan fingerprint density at radius 1 is 0.909 bits per heavy atom. The smallest absolute Gasteiger partial charge is 0.276 e. The number of hydrazine groups is 1. The lowest BCUT2D eigenvalue weighted by atomic mass is 9.90. The first-order valence-corrected chi connectivity index (χ1v) is 11.0. The molecule has 0 aliphatic heterocycles. The molecule has 0 heterocycles. The van der Waals surface area contributed by atoms with Gasteiger partial charge in [-0.25, -0.2) is 0 Å². The zero-order chi connectivity index (χ0) is 23.8. The van der Waals surface area contributed by atoms with Crippen molar-refractivity contribution in [2.24, 2.45) is 0 Å². The zero-order valence-electron chi connectivity index (χ0n) is 18.2. The normalized spacial score (nSPS) is 10.4. The fourth-order valence-electron chi connectivity index (χ4n) is 3.30. The van der Waals surface area contributed by atoms with Crippen molar-refractivity contribution in [3.8, 4) is 5.75 Å². The van der Waals surface area contributed by atoms with E-state index >= 15 is 0 Å². The largest absolute Gasteiger partial charge is 0.484 e. The minimum atomic E-state index is -0.553. The first-order chi connectivity index (χ1) is 15.8. The van der Waals surface area contributed by atoms with Crippen LogP contribution in [0.2, 0.25) is 5.02 Å². The molecule has 6 nitrogen and oxygen atoms in total. The molecule has 3 aromatic carbocycles. The van der Waals surface area contributed by atoms with Gasteiger partial charge in [0.15, 0.2) is 11.7 Å². The molecule has 3 N–H and O–H groups in total. The van der Waals surface area contributed by atoms with Gasteiger partial charge in [-0.3, -0.25) is 20.4 Å². The second-order valence-electron chi connectivity index (χ2n) is 7.41. The van der Waals surface area contributed by atoms with Crippen LogP contribution in [0, 0.1) is 13.8 Å². The van der Waals surface area contributed by atoms with E-state index in [9.17, 15) is 9.59 Å². The van der Waals surface area contributed by atoms with Gasteiger partial charge in [0.1, 0.15) is 5.75 Å². The van der Waals surface area contributed by atoms with Crippen LogP contribution in [0.3, 0.4) is 0 Å². The third-order valence-corrected chi connectivity index (χ3v) is 5.66. The molecule has 0 aromatic heterocycles. The van der Waals surface area contributed by atoms with E-state index in [1.165, 1.54) is 0 Å². The van der Waals surface area contributed by atoms with Gasteiger partial charge in [-0.15, -0.1) is 0 Å². The van der Waals surface area contributed by atoms with Crippen molar-refractivity contribution in [2.45, 2.75) is 19.8 Å². The van der Waals surface area contributed by atoms with E-state index in [4.69, 9.17) is 28.6 Å². The Morgan fingerprint density at radius 3 is 1.94 bits per heavy atom. The summed E-state index contributed by atoms with van der Waals surface area (Å²) in [7, 11) is 0. The maximum Gasteiger partial charge on any atom is 0.276 e. The third-order valence-electron chi connectivity index (χ3n) is 4.86. The molecule has 8 heteroatoms. The molecule has 2 amide bonds. The quantitative estimate of drug-likeness (QED) is 0.363. The van der Waals surface area contributed by atoms with Crippen LogP contribution < -0.4 is 20.9 Å². The third kappa shape index (κ3) is 6.78. The van der Waals surface area contributed by atoms with Crippen LogP contribution in [0.1, 0.15) is 28.2 Å². The van der Waals surface area contributed by atoms with Crippen LogP contribution in [0.15, 0.2) is 72.8 Å². The monoisotopic (exact) mass is 481 g/mol. The second kappa shape index (κ2) is 11.4. The van der Waals surface area contributed by atoms with E-state index in [-0.39, 0.29) is 17.6 Å². The highest BCUT2D eigenvalue weighted by molar-refractivity contribution is 7.80. The van der Waals surface area contributed by atoms with Crippen molar-refractivity contribution in [1.29, 1.82) is 0 Å². The van der Waals surface area contributed by atoms with E-state index in [1.807, 2.05) is 74.5 Å². The first-order valence-electron chi connectivity index (χ1n) is 10.2. The lowest BCUT2D eigenvalue weighted by molar-refractivity contribution is -0.124. The number of carbonyl (C=O) groups excluding carboxylic acids is 2. The zero-order valence-corrected chi connectivity index (χ0v) is 19.8. The molecule has 0 saturated carbocycles. The molecule has 0 radical (unpaired) electrons. The molecular weight excluding hydrogens is 458 g/mol. The number of amides is 2. The summed E-state index contributed by atoms with van der Waals surface area (Å²) in [6.07, 6.45) is 0. The number of hydrogen-bond acceptors (Lipinski definition) is 4. The number of benzene rings is 3. The van der Waals surface area contributed by atoms with Gasteiger partial charge in [-0.05, 0) is 60.5 Å². The summed E-state index contributed by atoms with van der Waals surface area (Å²) in [4.78, 5) is 25.1. The van der Waals surface area contributed by atoms with Gasteiger partial charge in [0, 0.05) is 5.02 Å². The molecule has 0 atom stereocenters. The minimum absolute atomic E-state index is 0.0246. The van der Waals surface area contributed by atoms with Crippen molar-refractivity contribution in [2.75, 3.05) is 6.61 Å². The van der Waals surface area contributed by atoms with Gasteiger partial charge in [-0.2, -0.15) is 0 Å². The summed E-state index contributed by atoms with van der Waals surface area (Å²) in [5, 5.41) is 3.28. The van der Waals surface area contributed by atoms with Gasteiger partial charge < -0.3 is 10.1 Å². The van der Waals surface area contributed by atoms with Crippen LogP contribution in [-0.4, -0.2) is 23.5 Å².